The van der Waals surface area contributed by atoms with Crippen molar-refractivity contribution in [3.8, 4) is 0 Å². The predicted molar refractivity (Wildman–Crippen MR) is 68.8 cm³/mol. The molecule has 0 aliphatic rings. The van der Waals surface area contributed by atoms with Crippen molar-refractivity contribution in [2.24, 2.45) is 27.2 Å². The van der Waals surface area contributed by atoms with Crippen molar-refractivity contribution in [3.63, 3.8) is 0 Å². The first-order valence-electron chi connectivity index (χ1n) is 5.04. The van der Waals surface area contributed by atoms with E-state index in [1.54, 1.807) is 18.2 Å². The number of rotatable bonds is 1. The van der Waals surface area contributed by atoms with Crippen LogP contribution in [0, 0.1) is 5.82 Å². The van der Waals surface area contributed by atoms with E-state index in [1.165, 1.54) is 6.07 Å². The van der Waals surface area contributed by atoms with E-state index in [0.717, 1.165) is 6.20 Å². The highest BCUT2D eigenvalue weighted by molar-refractivity contribution is 5.94. The number of hydrogen-bond donors (Lipinski definition) is 3. The van der Waals surface area contributed by atoms with Gasteiger partial charge in [-0.05, 0) is 24.3 Å². The van der Waals surface area contributed by atoms with E-state index in [-0.39, 0.29) is 11.9 Å². The molecule has 0 unspecified atom stereocenters. The standard InChI is InChI=1S/C11H11FN6/c12-7-3-6-4-8(1-2-9(6)16-5-7)17-11(15)18-10(13)14/h1-5H,(H6,13,14,15,17,18). The van der Waals surface area contributed by atoms with Crippen LogP contribution >= 0.6 is 0 Å². The Bertz CT molecular complexity index is 645. The lowest BCUT2D eigenvalue weighted by Gasteiger charge is -1.99. The number of pyridine rings is 1. The van der Waals surface area contributed by atoms with Gasteiger partial charge in [0.1, 0.15) is 5.82 Å². The molecule has 6 nitrogen and oxygen atoms in total. The molecular weight excluding hydrogens is 235 g/mol. The number of guanidine groups is 2. The fraction of sp³-hybridized carbons (Fsp3) is 0. The van der Waals surface area contributed by atoms with Crippen molar-refractivity contribution >= 4 is 28.5 Å². The van der Waals surface area contributed by atoms with Crippen LogP contribution in [0.15, 0.2) is 40.4 Å². The summed E-state index contributed by atoms with van der Waals surface area (Å²) in [5, 5.41) is 0.619. The minimum atomic E-state index is -0.416. The van der Waals surface area contributed by atoms with Gasteiger partial charge < -0.3 is 17.2 Å². The highest BCUT2D eigenvalue weighted by atomic mass is 19.1. The lowest BCUT2D eigenvalue weighted by atomic mass is 10.2. The minimum Gasteiger partial charge on any atom is -0.370 e. The van der Waals surface area contributed by atoms with Gasteiger partial charge in [0.15, 0.2) is 5.96 Å². The fourth-order valence-electron chi connectivity index (χ4n) is 1.45. The van der Waals surface area contributed by atoms with Crippen LogP contribution in [0.2, 0.25) is 0 Å². The second-order valence-electron chi connectivity index (χ2n) is 3.54. The zero-order chi connectivity index (χ0) is 13.1. The Hall–Kier alpha value is -2.70. The quantitative estimate of drug-likeness (QED) is 0.504. The van der Waals surface area contributed by atoms with Crippen LogP contribution in [0.3, 0.4) is 0 Å². The Balaban J connectivity index is 2.44. The molecule has 1 aromatic heterocycles. The van der Waals surface area contributed by atoms with Crippen molar-refractivity contribution in [2.75, 3.05) is 0 Å². The lowest BCUT2D eigenvalue weighted by Crippen LogP contribution is -2.26. The molecular formula is C11H11FN6. The second-order valence-corrected chi connectivity index (χ2v) is 3.54. The number of aliphatic imine (C=N–C) groups is 2. The van der Waals surface area contributed by atoms with Gasteiger partial charge in [0.25, 0.3) is 0 Å². The molecule has 0 aliphatic heterocycles. The molecule has 7 heteroatoms. The molecule has 18 heavy (non-hydrogen) atoms. The average Bonchev–Trinajstić information content (AvgIpc) is 2.27. The van der Waals surface area contributed by atoms with Gasteiger partial charge >= 0.3 is 0 Å². The van der Waals surface area contributed by atoms with E-state index in [2.05, 4.69) is 15.0 Å². The van der Waals surface area contributed by atoms with Crippen LogP contribution in [0.5, 0.6) is 0 Å². The average molecular weight is 246 g/mol. The zero-order valence-electron chi connectivity index (χ0n) is 9.34. The number of aromatic nitrogens is 1. The van der Waals surface area contributed by atoms with Gasteiger partial charge in [-0.25, -0.2) is 9.38 Å². The summed E-state index contributed by atoms with van der Waals surface area (Å²) in [6, 6.07) is 6.39. The summed E-state index contributed by atoms with van der Waals surface area (Å²) in [7, 11) is 0. The van der Waals surface area contributed by atoms with E-state index in [9.17, 15) is 4.39 Å². The molecule has 0 bridgehead atoms. The van der Waals surface area contributed by atoms with Gasteiger partial charge in [-0.2, -0.15) is 4.99 Å². The van der Waals surface area contributed by atoms with Crippen LogP contribution in [-0.4, -0.2) is 16.9 Å². The smallest absolute Gasteiger partial charge is 0.223 e. The number of nitrogens with zero attached hydrogens (tertiary/aromatic N) is 3. The third-order valence-corrected chi connectivity index (χ3v) is 2.12. The van der Waals surface area contributed by atoms with Gasteiger partial charge in [0, 0.05) is 5.39 Å². The van der Waals surface area contributed by atoms with Crippen molar-refractivity contribution in [3.05, 3.63) is 36.3 Å². The van der Waals surface area contributed by atoms with Gasteiger partial charge in [0.05, 0.1) is 17.4 Å². The third kappa shape index (κ3) is 2.70. The molecule has 0 radical (unpaired) electrons. The summed E-state index contributed by atoms with van der Waals surface area (Å²) < 4.78 is 13.0. The first kappa shape index (κ1) is 11.8. The number of hydrogen-bond acceptors (Lipinski definition) is 2. The van der Waals surface area contributed by atoms with Crippen molar-refractivity contribution < 1.29 is 4.39 Å². The molecule has 2 rings (SSSR count). The van der Waals surface area contributed by atoms with Gasteiger partial charge in [-0.15, -0.1) is 0 Å². The Morgan fingerprint density at radius 1 is 1.17 bits per heavy atom. The molecule has 2 aromatic rings. The Morgan fingerprint density at radius 2 is 1.94 bits per heavy atom. The molecule has 0 saturated carbocycles. The van der Waals surface area contributed by atoms with E-state index >= 15 is 0 Å². The molecule has 0 fully saturated rings. The van der Waals surface area contributed by atoms with E-state index in [1.807, 2.05) is 0 Å². The van der Waals surface area contributed by atoms with Crippen LogP contribution in [0.4, 0.5) is 10.1 Å². The van der Waals surface area contributed by atoms with Crippen LogP contribution in [0.1, 0.15) is 0 Å². The second kappa shape index (κ2) is 4.66. The lowest BCUT2D eigenvalue weighted by molar-refractivity contribution is 0.624. The summed E-state index contributed by atoms with van der Waals surface area (Å²) in [6.45, 7) is 0. The number of fused-ring (bicyclic) bond motifs is 1. The molecule has 92 valence electrons. The molecule has 1 aromatic carbocycles. The molecule has 6 N–H and O–H groups in total. The van der Waals surface area contributed by atoms with E-state index in [0.29, 0.717) is 16.6 Å². The molecule has 0 aliphatic carbocycles. The summed E-state index contributed by atoms with van der Waals surface area (Å²) in [6.07, 6.45) is 1.15. The Kier molecular flexibility index (Phi) is 3.05. The van der Waals surface area contributed by atoms with Crippen LogP contribution in [0.25, 0.3) is 10.9 Å². The maximum atomic E-state index is 13.0. The maximum Gasteiger partial charge on any atom is 0.223 e. The SMILES string of the molecule is NC(N)=NC(N)=Nc1ccc2ncc(F)cc2c1. The minimum absolute atomic E-state index is 0.0706. The summed E-state index contributed by atoms with van der Waals surface area (Å²) >= 11 is 0. The molecule has 0 saturated heterocycles. The molecule has 0 atom stereocenters. The zero-order valence-corrected chi connectivity index (χ0v) is 9.34. The number of halogens is 1. The first-order valence-corrected chi connectivity index (χ1v) is 5.04. The summed E-state index contributed by atoms with van der Waals surface area (Å²) in [5.74, 6) is -0.663. The normalized spacial score (nSPS) is 11.5. The highest BCUT2D eigenvalue weighted by Gasteiger charge is 1.99. The summed E-state index contributed by atoms with van der Waals surface area (Å²) in [4.78, 5) is 11.5. The van der Waals surface area contributed by atoms with E-state index in [4.69, 9.17) is 17.2 Å². The summed E-state index contributed by atoms with van der Waals surface area (Å²) in [5.41, 5.74) is 17.0. The highest BCUT2D eigenvalue weighted by Crippen LogP contribution is 2.20. The molecule has 0 spiro atoms. The largest absolute Gasteiger partial charge is 0.370 e. The predicted octanol–water partition coefficient (Wildman–Crippen LogP) is 0.594. The number of benzene rings is 1. The first-order chi connectivity index (χ1) is 8.54. The third-order valence-electron chi connectivity index (χ3n) is 2.12. The van der Waals surface area contributed by atoms with E-state index < -0.39 is 5.82 Å². The number of nitrogens with two attached hydrogens (primary N) is 3. The van der Waals surface area contributed by atoms with Gasteiger partial charge in [-0.3, -0.25) is 4.98 Å². The fourth-order valence-corrected chi connectivity index (χ4v) is 1.45. The van der Waals surface area contributed by atoms with Crippen molar-refractivity contribution in [1.82, 2.24) is 4.98 Å². The molecule has 1 heterocycles. The van der Waals surface area contributed by atoms with Crippen molar-refractivity contribution in [2.45, 2.75) is 0 Å². The van der Waals surface area contributed by atoms with Gasteiger partial charge in [0.2, 0.25) is 5.96 Å². The van der Waals surface area contributed by atoms with Crippen LogP contribution in [-0.2, 0) is 0 Å². The monoisotopic (exact) mass is 246 g/mol. The molecule has 0 amide bonds. The Labute approximate surface area is 102 Å². The van der Waals surface area contributed by atoms with Crippen LogP contribution < -0.4 is 17.2 Å². The maximum absolute atomic E-state index is 13.0. The topological polar surface area (TPSA) is 116 Å². The van der Waals surface area contributed by atoms with Gasteiger partial charge in [-0.1, -0.05) is 0 Å². The van der Waals surface area contributed by atoms with Crippen molar-refractivity contribution in [1.29, 1.82) is 0 Å². The Morgan fingerprint density at radius 3 is 2.67 bits per heavy atom.